The quantitative estimate of drug-likeness (QED) is 0.284. The van der Waals surface area contributed by atoms with Crippen LogP contribution in [0.25, 0.3) is 5.57 Å². The summed E-state index contributed by atoms with van der Waals surface area (Å²) in [5.74, 6) is 0. The molecule has 4 aromatic rings. The number of nitrogens with zero attached hydrogens (tertiary/aromatic N) is 1. The fourth-order valence-electron chi connectivity index (χ4n) is 3.37. The Morgan fingerprint density at radius 1 is 0.667 bits per heavy atom. The first kappa shape index (κ1) is 22.2. The molecule has 0 spiro atoms. The molecule has 0 radical (unpaired) electrons. The zero-order valence-corrected chi connectivity index (χ0v) is 19.0. The zero-order valence-electron chi connectivity index (χ0n) is 18.2. The molecule has 164 valence electrons. The molecule has 0 bridgehead atoms. The van der Waals surface area contributed by atoms with Gasteiger partial charge in [0.1, 0.15) is 0 Å². The summed E-state index contributed by atoms with van der Waals surface area (Å²) in [6.45, 7) is 1.91. The van der Waals surface area contributed by atoms with Crippen molar-refractivity contribution in [1.29, 1.82) is 0 Å². The van der Waals surface area contributed by atoms with E-state index in [2.05, 4.69) is 9.93 Å². The lowest BCUT2D eigenvalue weighted by Crippen LogP contribution is -2.20. The summed E-state index contributed by atoms with van der Waals surface area (Å²) in [6, 6.07) is 36.1. The summed E-state index contributed by atoms with van der Waals surface area (Å²) >= 11 is 0. The highest BCUT2D eigenvalue weighted by Gasteiger charge is 2.14. The second kappa shape index (κ2) is 10.1. The van der Waals surface area contributed by atoms with Crippen LogP contribution in [0.2, 0.25) is 0 Å². The lowest BCUT2D eigenvalue weighted by atomic mass is 9.95. The van der Waals surface area contributed by atoms with Crippen LogP contribution in [-0.2, 0) is 10.0 Å². The van der Waals surface area contributed by atoms with Gasteiger partial charge in [0.25, 0.3) is 10.0 Å². The number of sulfonamides is 1. The van der Waals surface area contributed by atoms with Gasteiger partial charge in [0, 0.05) is 5.56 Å². The molecule has 0 saturated carbocycles. The van der Waals surface area contributed by atoms with Crippen LogP contribution in [0.1, 0.15) is 22.3 Å². The van der Waals surface area contributed by atoms with Gasteiger partial charge in [0.15, 0.2) is 0 Å². The van der Waals surface area contributed by atoms with E-state index in [1.165, 1.54) is 0 Å². The van der Waals surface area contributed by atoms with Crippen molar-refractivity contribution in [1.82, 2.24) is 4.83 Å². The predicted octanol–water partition coefficient (Wildman–Crippen LogP) is 5.81. The summed E-state index contributed by atoms with van der Waals surface area (Å²) in [5, 5.41) is 4.36. The van der Waals surface area contributed by atoms with E-state index >= 15 is 0 Å². The fourth-order valence-corrected chi connectivity index (χ4v) is 4.19. The van der Waals surface area contributed by atoms with Gasteiger partial charge in [-0.05, 0) is 41.8 Å². The normalized spacial score (nSPS) is 11.6. The van der Waals surface area contributed by atoms with E-state index in [0.717, 1.165) is 27.8 Å². The van der Waals surface area contributed by atoms with Gasteiger partial charge < -0.3 is 0 Å². The Labute approximate surface area is 195 Å². The van der Waals surface area contributed by atoms with Crippen molar-refractivity contribution in [3.05, 3.63) is 144 Å². The minimum absolute atomic E-state index is 0.166. The zero-order chi connectivity index (χ0) is 23.1. The summed E-state index contributed by atoms with van der Waals surface area (Å²) in [6.07, 6.45) is 1.91. The maximum Gasteiger partial charge on any atom is 0.276 e. The van der Waals surface area contributed by atoms with Gasteiger partial charge in [-0.1, -0.05) is 109 Å². The van der Waals surface area contributed by atoms with Crippen LogP contribution in [0.5, 0.6) is 0 Å². The maximum atomic E-state index is 12.9. The number of hydrazone groups is 1. The Balaban J connectivity index is 1.81. The van der Waals surface area contributed by atoms with Crippen LogP contribution in [0.15, 0.2) is 131 Å². The molecule has 4 rings (SSSR count). The summed E-state index contributed by atoms with van der Waals surface area (Å²) in [4.78, 5) is 2.58. The maximum absolute atomic E-state index is 12.9. The van der Waals surface area contributed by atoms with Gasteiger partial charge in [-0.15, -0.1) is 0 Å². The van der Waals surface area contributed by atoms with Crippen LogP contribution in [0, 0.1) is 6.92 Å². The summed E-state index contributed by atoms with van der Waals surface area (Å²) < 4.78 is 25.7. The van der Waals surface area contributed by atoms with Crippen molar-refractivity contribution in [3.63, 3.8) is 0 Å². The van der Waals surface area contributed by atoms with E-state index in [1.807, 2.05) is 104 Å². The van der Waals surface area contributed by atoms with Gasteiger partial charge in [0.05, 0.1) is 10.6 Å². The van der Waals surface area contributed by atoms with Gasteiger partial charge >= 0.3 is 0 Å². The molecule has 0 aliphatic carbocycles. The molecule has 0 fully saturated rings. The van der Waals surface area contributed by atoms with Gasteiger partial charge in [-0.25, -0.2) is 0 Å². The average molecular weight is 453 g/mol. The van der Waals surface area contributed by atoms with E-state index in [1.54, 1.807) is 24.3 Å². The molecule has 0 aliphatic heterocycles. The van der Waals surface area contributed by atoms with Crippen molar-refractivity contribution in [2.75, 3.05) is 0 Å². The van der Waals surface area contributed by atoms with Crippen LogP contribution in [0.4, 0.5) is 0 Å². The van der Waals surface area contributed by atoms with Gasteiger partial charge in [0.2, 0.25) is 0 Å². The second-order valence-electron chi connectivity index (χ2n) is 7.56. The number of nitrogens with one attached hydrogen (secondary N) is 1. The number of rotatable bonds is 7. The van der Waals surface area contributed by atoms with Gasteiger partial charge in [-0.3, -0.25) is 0 Å². The Kier molecular flexibility index (Phi) is 6.81. The van der Waals surface area contributed by atoms with E-state index in [0.29, 0.717) is 5.71 Å². The lowest BCUT2D eigenvalue weighted by molar-refractivity contribution is 0.584. The number of benzene rings is 4. The molecular formula is C28H24N2O2S. The van der Waals surface area contributed by atoms with Crippen molar-refractivity contribution < 1.29 is 8.42 Å². The molecule has 1 N–H and O–H groups in total. The first-order valence-corrected chi connectivity index (χ1v) is 12.1. The Morgan fingerprint density at radius 2 is 1.12 bits per heavy atom. The molecule has 0 aromatic heterocycles. The first-order valence-electron chi connectivity index (χ1n) is 10.6. The van der Waals surface area contributed by atoms with Crippen molar-refractivity contribution in [3.8, 4) is 0 Å². The van der Waals surface area contributed by atoms with Crippen LogP contribution >= 0.6 is 0 Å². The Morgan fingerprint density at radius 3 is 1.61 bits per heavy atom. The third-order valence-corrected chi connectivity index (χ3v) is 6.36. The molecule has 0 aliphatic rings. The average Bonchev–Trinajstić information content (AvgIpc) is 2.86. The minimum Gasteiger partial charge on any atom is -0.200 e. The van der Waals surface area contributed by atoms with Crippen LogP contribution < -0.4 is 4.83 Å². The lowest BCUT2D eigenvalue weighted by Gasteiger charge is -2.11. The van der Waals surface area contributed by atoms with Crippen molar-refractivity contribution in [2.24, 2.45) is 5.10 Å². The third-order valence-electron chi connectivity index (χ3n) is 5.14. The van der Waals surface area contributed by atoms with Crippen molar-refractivity contribution >= 4 is 21.3 Å². The molecular weight excluding hydrogens is 428 g/mol. The molecule has 0 saturated heterocycles. The van der Waals surface area contributed by atoms with Gasteiger partial charge in [-0.2, -0.15) is 18.4 Å². The second-order valence-corrected chi connectivity index (χ2v) is 9.22. The third kappa shape index (κ3) is 5.64. The van der Waals surface area contributed by atoms with E-state index in [9.17, 15) is 8.42 Å². The summed E-state index contributed by atoms with van der Waals surface area (Å²) in [7, 11) is -3.81. The molecule has 4 aromatic carbocycles. The molecule has 0 atom stereocenters. The molecule has 33 heavy (non-hydrogen) atoms. The topological polar surface area (TPSA) is 58.5 Å². The van der Waals surface area contributed by atoms with E-state index in [4.69, 9.17) is 0 Å². The highest BCUT2D eigenvalue weighted by atomic mass is 32.2. The number of allylic oxidation sites excluding steroid dienone is 1. The molecule has 0 unspecified atom stereocenters. The highest BCUT2D eigenvalue weighted by Crippen LogP contribution is 2.24. The highest BCUT2D eigenvalue weighted by molar-refractivity contribution is 7.89. The summed E-state index contributed by atoms with van der Waals surface area (Å²) in [5.41, 5.74) is 5.25. The minimum atomic E-state index is -3.81. The standard InChI is InChI=1S/C28H24N2O2S/c1-22-17-19-26(20-18-22)33(31,32)30-29-28(25-15-9-4-10-16-25)21-27(23-11-5-2-6-12-23)24-13-7-3-8-14-24/h2-21,30H,1H3/b29-28-. The Hall–Kier alpha value is -3.96. The van der Waals surface area contributed by atoms with E-state index in [-0.39, 0.29) is 4.90 Å². The number of aryl methyl sites for hydroxylation is 1. The molecule has 0 amide bonds. The number of hydrogen-bond donors (Lipinski definition) is 1. The van der Waals surface area contributed by atoms with Crippen LogP contribution in [0.3, 0.4) is 0 Å². The Bertz CT molecular complexity index is 1320. The number of hydrogen-bond acceptors (Lipinski definition) is 3. The SMILES string of the molecule is Cc1ccc(S(=O)(=O)N/N=C(/C=C(c2ccccc2)c2ccccc2)c2ccccc2)cc1. The predicted molar refractivity (Wildman–Crippen MR) is 134 cm³/mol. The van der Waals surface area contributed by atoms with Crippen LogP contribution in [-0.4, -0.2) is 14.1 Å². The van der Waals surface area contributed by atoms with E-state index < -0.39 is 10.0 Å². The molecule has 5 heteroatoms. The largest absolute Gasteiger partial charge is 0.276 e. The first-order chi connectivity index (χ1) is 16.0. The smallest absolute Gasteiger partial charge is 0.200 e. The molecule has 4 nitrogen and oxygen atoms in total. The fraction of sp³-hybridized carbons (Fsp3) is 0.0357. The molecule has 0 heterocycles. The monoisotopic (exact) mass is 452 g/mol. The van der Waals surface area contributed by atoms with Crippen molar-refractivity contribution in [2.45, 2.75) is 11.8 Å².